The minimum absolute atomic E-state index is 0.00257. The number of carbonyl (C=O) groups excluding carboxylic acids is 2. The lowest BCUT2D eigenvalue weighted by atomic mass is 9.89. The molecule has 1 saturated heterocycles. The van der Waals surface area contributed by atoms with Gasteiger partial charge in [-0.15, -0.1) is 0 Å². The molecule has 0 aliphatic carbocycles. The Balaban J connectivity index is 1.52. The van der Waals surface area contributed by atoms with Crippen molar-refractivity contribution < 1.29 is 19.1 Å². The predicted octanol–water partition coefficient (Wildman–Crippen LogP) is 3.12. The first kappa shape index (κ1) is 20.4. The highest BCUT2D eigenvalue weighted by molar-refractivity contribution is 5.97. The molecule has 2 atom stereocenters. The predicted molar refractivity (Wildman–Crippen MR) is 114 cm³/mol. The summed E-state index contributed by atoms with van der Waals surface area (Å²) in [5.74, 6) is 0.0904. The van der Waals surface area contributed by atoms with Crippen LogP contribution in [0.4, 0.5) is 0 Å². The van der Waals surface area contributed by atoms with Gasteiger partial charge in [0.25, 0.3) is 5.91 Å². The highest BCUT2D eigenvalue weighted by Crippen LogP contribution is 2.32. The van der Waals surface area contributed by atoms with Crippen LogP contribution in [0.25, 0.3) is 0 Å². The number of cyclic esters (lactones) is 1. The van der Waals surface area contributed by atoms with Crippen LogP contribution in [-0.4, -0.2) is 49.1 Å². The molecule has 2 aliphatic heterocycles. The fraction of sp³-hybridized carbons (Fsp3) is 0.417. The Bertz CT molecular complexity index is 938. The van der Waals surface area contributed by atoms with E-state index in [2.05, 4.69) is 10.2 Å². The molecule has 2 aromatic carbocycles. The van der Waals surface area contributed by atoms with E-state index in [1.807, 2.05) is 36.4 Å². The molecule has 0 bridgehead atoms. The number of rotatable bonds is 6. The minimum atomic E-state index is -1.22. The minimum Gasteiger partial charge on any atom is -0.496 e. The molecule has 0 saturated carbocycles. The summed E-state index contributed by atoms with van der Waals surface area (Å²) >= 11 is 0. The molecule has 2 aliphatic rings. The molecular weight excluding hydrogens is 380 g/mol. The summed E-state index contributed by atoms with van der Waals surface area (Å²) in [5, 5.41) is 3.06. The fourth-order valence-electron chi connectivity index (χ4n) is 4.47. The average Bonchev–Trinajstić information content (AvgIpc) is 3.28. The number of carbonyl (C=O) groups is 2. The summed E-state index contributed by atoms with van der Waals surface area (Å²) in [6.45, 7) is 4.08. The van der Waals surface area contributed by atoms with E-state index < -0.39 is 11.6 Å². The van der Waals surface area contributed by atoms with E-state index in [1.54, 1.807) is 26.2 Å². The molecule has 0 radical (unpaired) electrons. The molecule has 1 fully saturated rings. The van der Waals surface area contributed by atoms with E-state index >= 15 is 0 Å². The van der Waals surface area contributed by atoms with Gasteiger partial charge in [0.1, 0.15) is 5.75 Å². The molecule has 1 N–H and O–H groups in total. The number of likely N-dealkylation sites (tertiary alicyclic amines) is 1. The van der Waals surface area contributed by atoms with Crippen LogP contribution in [0, 0.1) is 0 Å². The van der Waals surface area contributed by atoms with Crippen molar-refractivity contribution in [3.8, 4) is 5.75 Å². The van der Waals surface area contributed by atoms with Crippen molar-refractivity contribution in [1.29, 1.82) is 0 Å². The maximum Gasteiger partial charge on any atom is 0.339 e. The highest BCUT2D eigenvalue weighted by Gasteiger charge is 2.43. The van der Waals surface area contributed by atoms with Crippen LogP contribution in [0.1, 0.15) is 47.3 Å². The normalized spacial score (nSPS) is 22.1. The van der Waals surface area contributed by atoms with Gasteiger partial charge in [0.2, 0.25) is 0 Å². The summed E-state index contributed by atoms with van der Waals surface area (Å²) in [4.78, 5) is 28.0. The lowest BCUT2D eigenvalue weighted by molar-refractivity contribution is -0.140. The quantitative estimate of drug-likeness (QED) is 0.744. The lowest BCUT2D eigenvalue weighted by Crippen LogP contribution is -2.53. The monoisotopic (exact) mass is 408 g/mol. The lowest BCUT2D eigenvalue weighted by Gasteiger charge is -2.34. The summed E-state index contributed by atoms with van der Waals surface area (Å²) in [5.41, 5.74) is 1.21. The van der Waals surface area contributed by atoms with Crippen LogP contribution in [0.3, 0.4) is 0 Å². The van der Waals surface area contributed by atoms with Gasteiger partial charge in [-0.25, -0.2) is 4.79 Å². The number of hydrogen-bond donors (Lipinski definition) is 1. The molecule has 6 heteroatoms. The van der Waals surface area contributed by atoms with Gasteiger partial charge in [0.05, 0.1) is 18.7 Å². The Morgan fingerprint density at radius 3 is 2.63 bits per heavy atom. The second-order valence-electron chi connectivity index (χ2n) is 8.17. The Labute approximate surface area is 177 Å². The van der Waals surface area contributed by atoms with E-state index in [0.717, 1.165) is 42.8 Å². The van der Waals surface area contributed by atoms with E-state index in [0.29, 0.717) is 18.5 Å². The first-order valence-corrected chi connectivity index (χ1v) is 10.5. The number of nitrogens with zero attached hydrogens (tertiary/aromatic N) is 1. The number of amides is 1. The number of fused-ring (bicyclic) bond motifs is 1. The van der Waals surface area contributed by atoms with E-state index in [1.165, 1.54) is 0 Å². The van der Waals surface area contributed by atoms with Crippen LogP contribution in [-0.2, 0) is 16.0 Å². The second-order valence-corrected chi connectivity index (χ2v) is 8.17. The van der Waals surface area contributed by atoms with Gasteiger partial charge in [-0.05, 0) is 50.6 Å². The maximum absolute atomic E-state index is 13.1. The summed E-state index contributed by atoms with van der Waals surface area (Å²) in [6.07, 6.45) is 2.65. The molecule has 2 unspecified atom stereocenters. The molecule has 4 rings (SSSR count). The van der Waals surface area contributed by atoms with Crippen LogP contribution in [0.2, 0.25) is 0 Å². The van der Waals surface area contributed by atoms with Crippen LogP contribution < -0.4 is 10.1 Å². The van der Waals surface area contributed by atoms with Crippen molar-refractivity contribution >= 4 is 11.9 Å². The van der Waals surface area contributed by atoms with Gasteiger partial charge >= 0.3 is 5.97 Å². The maximum atomic E-state index is 13.1. The summed E-state index contributed by atoms with van der Waals surface area (Å²) < 4.78 is 11.2. The van der Waals surface area contributed by atoms with E-state index in [9.17, 15) is 9.59 Å². The number of benzene rings is 2. The van der Waals surface area contributed by atoms with Gasteiger partial charge in [-0.2, -0.15) is 0 Å². The molecule has 0 spiro atoms. The third kappa shape index (κ3) is 3.92. The van der Waals surface area contributed by atoms with E-state index in [4.69, 9.17) is 9.47 Å². The molecule has 0 aromatic heterocycles. The van der Waals surface area contributed by atoms with Crippen molar-refractivity contribution in [2.24, 2.45) is 0 Å². The van der Waals surface area contributed by atoms with E-state index in [-0.39, 0.29) is 11.9 Å². The number of ether oxygens (including phenoxy) is 2. The van der Waals surface area contributed by atoms with Crippen molar-refractivity contribution in [3.63, 3.8) is 0 Å². The Morgan fingerprint density at radius 1 is 1.17 bits per heavy atom. The average molecular weight is 408 g/mol. The standard InChI is InChI=1S/C24H28N2O4/c1-24(15-17-9-3-4-10-18(17)22(27)30-24)23(28)25-16-20(26-13-7-8-14-26)19-11-5-6-12-21(19)29-2/h3-6,9-12,20H,7-8,13-16H2,1-2H3,(H,25,28). The van der Waals surface area contributed by atoms with Crippen molar-refractivity contribution in [1.82, 2.24) is 10.2 Å². The zero-order valence-corrected chi connectivity index (χ0v) is 17.5. The number of methoxy groups -OCH3 is 1. The number of nitrogens with one attached hydrogen (secondary N) is 1. The van der Waals surface area contributed by atoms with Crippen LogP contribution >= 0.6 is 0 Å². The molecule has 1 amide bonds. The second kappa shape index (κ2) is 8.48. The Morgan fingerprint density at radius 2 is 1.87 bits per heavy atom. The molecule has 2 heterocycles. The topological polar surface area (TPSA) is 67.9 Å². The molecule has 30 heavy (non-hydrogen) atoms. The number of hydrogen-bond acceptors (Lipinski definition) is 5. The summed E-state index contributed by atoms with van der Waals surface area (Å²) in [7, 11) is 1.67. The smallest absolute Gasteiger partial charge is 0.339 e. The number of esters is 1. The van der Waals surface area contributed by atoms with Gasteiger partial charge in [-0.3, -0.25) is 9.69 Å². The SMILES string of the molecule is COc1ccccc1C(CNC(=O)C1(C)Cc2ccccc2C(=O)O1)N1CCCC1. The van der Waals surface area contributed by atoms with Crippen LogP contribution in [0.15, 0.2) is 48.5 Å². The third-order valence-corrected chi connectivity index (χ3v) is 6.10. The molecule has 158 valence electrons. The third-order valence-electron chi connectivity index (χ3n) is 6.10. The van der Waals surface area contributed by atoms with Gasteiger partial charge in [0.15, 0.2) is 5.60 Å². The first-order valence-electron chi connectivity index (χ1n) is 10.5. The molecular formula is C24H28N2O4. The fourth-order valence-corrected chi connectivity index (χ4v) is 4.47. The van der Waals surface area contributed by atoms with Crippen LogP contribution in [0.5, 0.6) is 5.75 Å². The van der Waals surface area contributed by atoms with Crippen molar-refractivity contribution in [2.75, 3.05) is 26.7 Å². The zero-order valence-electron chi connectivity index (χ0n) is 17.5. The number of para-hydroxylation sites is 1. The Hall–Kier alpha value is -2.86. The largest absolute Gasteiger partial charge is 0.496 e. The summed E-state index contributed by atoms with van der Waals surface area (Å²) in [6, 6.07) is 15.2. The molecule has 6 nitrogen and oxygen atoms in total. The zero-order chi connectivity index (χ0) is 21.1. The van der Waals surface area contributed by atoms with Crippen molar-refractivity contribution in [3.05, 3.63) is 65.2 Å². The highest BCUT2D eigenvalue weighted by atomic mass is 16.6. The van der Waals surface area contributed by atoms with Crippen molar-refractivity contribution in [2.45, 2.75) is 37.8 Å². The first-order chi connectivity index (χ1) is 14.5. The Kier molecular flexibility index (Phi) is 5.77. The van der Waals surface area contributed by atoms with Gasteiger partial charge in [0, 0.05) is 18.5 Å². The molecule has 2 aromatic rings. The van der Waals surface area contributed by atoms with Gasteiger partial charge in [-0.1, -0.05) is 36.4 Å². The van der Waals surface area contributed by atoms with Gasteiger partial charge < -0.3 is 14.8 Å².